The van der Waals surface area contributed by atoms with E-state index in [1.54, 1.807) is 31.0 Å². The van der Waals surface area contributed by atoms with Gasteiger partial charge in [0.2, 0.25) is 0 Å². The van der Waals surface area contributed by atoms with E-state index in [1.165, 1.54) is 0 Å². The van der Waals surface area contributed by atoms with Crippen molar-refractivity contribution < 1.29 is 4.74 Å². The number of ether oxygens (including phenoxy) is 1. The van der Waals surface area contributed by atoms with Crippen molar-refractivity contribution in [1.29, 1.82) is 0 Å². The molecule has 2 aliphatic heterocycles. The Balaban J connectivity index is 2.22. The van der Waals surface area contributed by atoms with Crippen molar-refractivity contribution in [2.45, 2.75) is 6.92 Å². The monoisotopic (exact) mass is 255 g/mol. The molecule has 0 saturated carbocycles. The van der Waals surface area contributed by atoms with E-state index in [4.69, 9.17) is 4.74 Å². The van der Waals surface area contributed by atoms with Crippen molar-refractivity contribution in [2.75, 3.05) is 7.11 Å². The summed E-state index contributed by atoms with van der Waals surface area (Å²) in [6.07, 6.45) is 3.50. The third-order valence-corrected chi connectivity index (χ3v) is 3.08. The first kappa shape index (κ1) is 11.5. The van der Waals surface area contributed by atoms with E-state index < -0.39 is 0 Å². The summed E-state index contributed by atoms with van der Waals surface area (Å²) in [6.45, 7) is 1.72. The van der Waals surface area contributed by atoms with E-state index in [0.29, 0.717) is 11.5 Å². The molecule has 5 heteroatoms. The van der Waals surface area contributed by atoms with Crippen LogP contribution in [0.4, 0.5) is 0 Å². The topological polar surface area (TPSA) is 59.9 Å². The molecule has 0 bridgehead atoms. The zero-order valence-electron chi connectivity index (χ0n) is 10.7. The third-order valence-electron chi connectivity index (χ3n) is 3.08. The van der Waals surface area contributed by atoms with Crippen molar-refractivity contribution in [1.82, 2.24) is 14.5 Å². The summed E-state index contributed by atoms with van der Waals surface area (Å²) < 4.78 is 6.74. The second kappa shape index (κ2) is 4.28. The number of fused-ring (bicyclic) bond motifs is 1. The molecule has 0 radical (unpaired) electrons. The van der Waals surface area contributed by atoms with E-state index in [0.717, 1.165) is 17.0 Å². The normalized spacial score (nSPS) is 10.8. The second-order valence-corrected chi connectivity index (χ2v) is 4.27. The molecule has 1 N–H and O–H groups in total. The van der Waals surface area contributed by atoms with Crippen LogP contribution in [-0.2, 0) is 0 Å². The van der Waals surface area contributed by atoms with Crippen molar-refractivity contribution >= 4 is 0 Å². The molecule has 1 aromatic rings. The molecule has 5 nitrogen and oxygen atoms in total. The maximum absolute atomic E-state index is 12.1. The van der Waals surface area contributed by atoms with E-state index in [1.807, 2.05) is 24.3 Å². The molecule has 96 valence electrons. The Hall–Kier alpha value is -2.56. The number of hydrogen-bond donors (Lipinski definition) is 1. The molecule has 0 unspecified atom stereocenters. The highest BCUT2D eigenvalue weighted by molar-refractivity contribution is 5.62. The average molecular weight is 255 g/mol. The number of hydrogen-bond acceptors (Lipinski definition) is 3. The molecule has 1 aromatic carbocycles. The Morgan fingerprint density at radius 1 is 1.21 bits per heavy atom. The first-order valence-corrected chi connectivity index (χ1v) is 5.91. The van der Waals surface area contributed by atoms with Crippen LogP contribution >= 0.6 is 0 Å². The van der Waals surface area contributed by atoms with E-state index in [2.05, 4.69) is 9.97 Å². The number of aromatic amines is 1. The van der Waals surface area contributed by atoms with Crippen LogP contribution in [0, 0.1) is 6.92 Å². The van der Waals surface area contributed by atoms with Crippen LogP contribution in [0.2, 0.25) is 0 Å². The van der Waals surface area contributed by atoms with Gasteiger partial charge in [-0.15, -0.1) is 0 Å². The highest BCUT2D eigenvalue weighted by atomic mass is 16.5. The van der Waals surface area contributed by atoms with Gasteiger partial charge in [0.05, 0.1) is 12.8 Å². The van der Waals surface area contributed by atoms with E-state index in [9.17, 15) is 4.79 Å². The molecule has 0 saturated heterocycles. The Morgan fingerprint density at radius 2 is 1.95 bits per heavy atom. The van der Waals surface area contributed by atoms with Gasteiger partial charge in [0.1, 0.15) is 11.4 Å². The molecule has 2 heterocycles. The van der Waals surface area contributed by atoms with E-state index in [-0.39, 0.29) is 5.56 Å². The Kier molecular flexibility index (Phi) is 2.59. The maximum Gasteiger partial charge on any atom is 0.278 e. The van der Waals surface area contributed by atoms with Crippen molar-refractivity contribution in [3.63, 3.8) is 0 Å². The van der Waals surface area contributed by atoms with Gasteiger partial charge >= 0.3 is 0 Å². The van der Waals surface area contributed by atoms with Gasteiger partial charge in [-0.05, 0) is 31.2 Å². The van der Waals surface area contributed by atoms with Gasteiger partial charge in [0, 0.05) is 18.0 Å². The third kappa shape index (κ3) is 1.79. The van der Waals surface area contributed by atoms with Gasteiger partial charge < -0.3 is 9.72 Å². The summed E-state index contributed by atoms with van der Waals surface area (Å²) in [5.41, 5.74) is 2.12. The standard InChI is InChI=1S/C14H13N3O2/c1-9-14(18)17-12(7-15-8-13(17)16-9)10-3-5-11(19-2)6-4-10/h3-8,15H,1-2H3. The molecule has 0 spiro atoms. The van der Waals surface area contributed by atoms with E-state index >= 15 is 0 Å². The van der Waals surface area contributed by atoms with Gasteiger partial charge in [-0.3, -0.25) is 9.36 Å². The quantitative estimate of drug-likeness (QED) is 0.761. The summed E-state index contributed by atoms with van der Waals surface area (Å²) >= 11 is 0. The summed E-state index contributed by atoms with van der Waals surface area (Å²) in [6, 6.07) is 7.55. The fourth-order valence-electron chi connectivity index (χ4n) is 2.10. The summed E-state index contributed by atoms with van der Waals surface area (Å²) in [4.78, 5) is 19.4. The number of imidazole rings is 1. The fraction of sp³-hybridized carbons (Fsp3) is 0.143. The first-order valence-electron chi connectivity index (χ1n) is 5.91. The molecular weight excluding hydrogens is 242 g/mol. The highest BCUT2D eigenvalue weighted by Crippen LogP contribution is 2.23. The number of H-pyrrole nitrogens is 1. The Bertz CT molecular complexity index is 740. The Labute approximate surface area is 109 Å². The summed E-state index contributed by atoms with van der Waals surface area (Å²) in [5, 5.41) is 0. The minimum absolute atomic E-state index is 0.0881. The highest BCUT2D eigenvalue weighted by Gasteiger charge is 2.15. The number of benzene rings is 1. The molecular formula is C14H13N3O2. The zero-order valence-corrected chi connectivity index (χ0v) is 10.7. The van der Waals surface area contributed by atoms with Crippen LogP contribution < -0.4 is 10.3 Å². The number of aromatic nitrogens is 3. The predicted octanol–water partition coefficient (Wildman–Crippen LogP) is 1.98. The van der Waals surface area contributed by atoms with Crippen molar-refractivity contribution in [3.8, 4) is 22.8 Å². The maximum atomic E-state index is 12.1. The zero-order chi connectivity index (χ0) is 13.4. The first-order chi connectivity index (χ1) is 9.20. The lowest BCUT2D eigenvalue weighted by molar-refractivity contribution is 0.415. The SMILES string of the molecule is COc1ccc(-c2c[nH]cc3nc(C)c(=O)n2-3)cc1. The molecule has 0 aromatic heterocycles. The molecule has 2 aliphatic rings. The van der Waals surface area contributed by atoms with Crippen LogP contribution in [0.5, 0.6) is 5.75 Å². The van der Waals surface area contributed by atoms with Crippen LogP contribution in [0.3, 0.4) is 0 Å². The van der Waals surface area contributed by atoms with Gasteiger partial charge in [-0.25, -0.2) is 4.98 Å². The molecule has 0 atom stereocenters. The number of nitrogens with zero attached hydrogens (tertiary/aromatic N) is 2. The molecule has 0 fully saturated rings. The van der Waals surface area contributed by atoms with Crippen LogP contribution in [0.1, 0.15) is 5.69 Å². The molecule has 0 amide bonds. The van der Waals surface area contributed by atoms with Crippen LogP contribution in [0.25, 0.3) is 17.1 Å². The van der Waals surface area contributed by atoms with Crippen LogP contribution in [-0.4, -0.2) is 21.6 Å². The number of rotatable bonds is 2. The van der Waals surface area contributed by atoms with Crippen LogP contribution in [0.15, 0.2) is 41.5 Å². The minimum atomic E-state index is -0.0881. The average Bonchev–Trinajstić information content (AvgIpc) is 2.74. The number of aryl methyl sites for hydroxylation is 1. The van der Waals surface area contributed by atoms with Crippen molar-refractivity contribution in [2.24, 2.45) is 0 Å². The predicted molar refractivity (Wildman–Crippen MR) is 72.1 cm³/mol. The van der Waals surface area contributed by atoms with Gasteiger partial charge in [-0.1, -0.05) is 0 Å². The Morgan fingerprint density at radius 3 is 2.63 bits per heavy atom. The van der Waals surface area contributed by atoms with Crippen molar-refractivity contribution in [3.05, 3.63) is 52.7 Å². The van der Waals surface area contributed by atoms with Gasteiger partial charge in [-0.2, -0.15) is 0 Å². The fourth-order valence-corrected chi connectivity index (χ4v) is 2.10. The van der Waals surface area contributed by atoms with Gasteiger partial charge in [0.15, 0.2) is 5.82 Å². The summed E-state index contributed by atoms with van der Waals surface area (Å²) in [5.74, 6) is 1.40. The lowest BCUT2D eigenvalue weighted by Gasteiger charge is -2.09. The van der Waals surface area contributed by atoms with Gasteiger partial charge in [0.25, 0.3) is 5.56 Å². The minimum Gasteiger partial charge on any atom is -0.497 e. The number of methoxy groups -OCH3 is 1. The largest absolute Gasteiger partial charge is 0.497 e. The lowest BCUT2D eigenvalue weighted by Crippen LogP contribution is -2.16. The molecule has 0 aliphatic carbocycles. The molecule has 19 heavy (non-hydrogen) atoms. The number of nitrogens with one attached hydrogen (secondary N) is 1. The second-order valence-electron chi connectivity index (χ2n) is 4.27. The lowest BCUT2D eigenvalue weighted by atomic mass is 10.1. The summed E-state index contributed by atoms with van der Waals surface area (Å²) in [7, 11) is 1.62. The smallest absolute Gasteiger partial charge is 0.278 e. The molecule has 3 rings (SSSR count).